The number of hydrogen-bond donors (Lipinski definition) is 4. The molecule has 5 rings (SSSR count). The molecule has 0 heterocycles. The quantitative estimate of drug-likeness (QED) is 0.186. The predicted octanol–water partition coefficient (Wildman–Crippen LogP) is 6.67. The van der Waals surface area contributed by atoms with Gasteiger partial charge in [0.05, 0.1) is 29.3 Å². The first-order valence-corrected chi connectivity index (χ1v) is 18.9. The zero-order chi connectivity index (χ0) is 36.9. The number of aliphatic hydroxyl groups is 4. The number of rotatable bonds is 5. The van der Waals surface area contributed by atoms with E-state index in [9.17, 15) is 30.0 Å². The Morgan fingerprint density at radius 2 is 1.27 bits per heavy atom. The van der Waals surface area contributed by atoms with Crippen molar-refractivity contribution in [3.05, 3.63) is 23.3 Å². The Bertz CT molecular complexity index is 1400. The molecule has 5 aliphatic carbocycles. The molecule has 5 fully saturated rings. The van der Waals surface area contributed by atoms with Crippen LogP contribution in [0.5, 0.6) is 0 Å². The van der Waals surface area contributed by atoms with Crippen molar-refractivity contribution in [2.24, 2.45) is 50.2 Å². The molecule has 278 valence electrons. The Morgan fingerprint density at radius 1 is 0.735 bits per heavy atom. The van der Waals surface area contributed by atoms with Gasteiger partial charge >= 0.3 is 11.9 Å². The first kappa shape index (κ1) is 38.5. The van der Waals surface area contributed by atoms with E-state index < -0.39 is 64.1 Å². The lowest BCUT2D eigenvalue weighted by atomic mass is 9.29. The van der Waals surface area contributed by atoms with Crippen LogP contribution in [0.2, 0.25) is 0 Å². The number of carbonyl (C=O) groups is 2. The average Bonchev–Trinajstić information content (AvgIpc) is 3.01. The van der Waals surface area contributed by atoms with Crippen LogP contribution in [0.25, 0.3) is 0 Å². The van der Waals surface area contributed by atoms with Gasteiger partial charge in [-0.25, -0.2) is 9.59 Å². The summed E-state index contributed by atoms with van der Waals surface area (Å²) in [6.07, 6.45) is 3.68. The van der Waals surface area contributed by atoms with Crippen molar-refractivity contribution < 1.29 is 39.5 Å². The summed E-state index contributed by atoms with van der Waals surface area (Å²) in [5, 5.41) is 49.5. The molecule has 49 heavy (non-hydrogen) atoms. The Balaban J connectivity index is 1.68. The smallest absolute Gasteiger partial charge is 0.333 e. The fourth-order valence-corrected chi connectivity index (χ4v) is 13.1. The first-order chi connectivity index (χ1) is 22.5. The normalized spacial score (nSPS) is 48.2. The van der Waals surface area contributed by atoms with E-state index in [0.29, 0.717) is 29.9 Å². The van der Waals surface area contributed by atoms with Crippen LogP contribution < -0.4 is 0 Å². The minimum absolute atomic E-state index is 0.0400. The van der Waals surface area contributed by atoms with Crippen LogP contribution in [0.4, 0.5) is 0 Å². The SMILES string of the molecule is C/C=C(/C)C(=O)O[C@H]1[C@H](OC(=O)/C(C)=C\C)[C@@]2([C@H](C)O)C(CC1(C)C)[C@@]1(O)CCC3[C@@]4(C)CC[C@H](O)C(C)(C)C4CC[C@@]3(C)[C@]1(C)C[C@H]2O. The van der Waals surface area contributed by atoms with Crippen LogP contribution in [-0.2, 0) is 19.1 Å². The zero-order valence-corrected chi connectivity index (χ0v) is 32.4. The molecule has 8 nitrogen and oxygen atoms in total. The van der Waals surface area contributed by atoms with E-state index in [4.69, 9.17) is 9.47 Å². The van der Waals surface area contributed by atoms with Crippen LogP contribution in [0.15, 0.2) is 23.3 Å². The second kappa shape index (κ2) is 12.2. The summed E-state index contributed by atoms with van der Waals surface area (Å²) in [7, 11) is 0. The van der Waals surface area contributed by atoms with E-state index in [-0.39, 0.29) is 34.7 Å². The molecular weight excluding hydrogens is 620 g/mol. The van der Waals surface area contributed by atoms with Gasteiger partial charge in [0.1, 0.15) is 6.10 Å². The number of allylic oxidation sites excluding steroid dienone is 2. The Kier molecular flexibility index (Phi) is 9.56. The van der Waals surface area contributed by atoms with Crippen LogP contribution in [0.3, 0.4) is 0 Å². The molecule has 3 unspecified atom stereocenters. The van der Waals surface area contributed by atoms with Gasteiger partial charge in [0.25, 0.3) is 0 Å². The molecule has 0 bridgehead atoms. The van der Waals surface area contributed by atoms with Crippen molar-refractivity contribution in [1.29, 1.82) is 0 Å². The second-order valence-corrected chi connectivity index (χ2v) is 19.0. The van der Waals surface area contributed by atoms with Gasteiger partial charge in [-0.05, 0) is 114 Å². The third kappa shape index (κ3) is 5.03. The number of fused-ring (bicyclic) bond motifs is 7. The van der Waals surface area contributed by atoms with Crippen LogP contribution in [0.1, 0.15) is 134 Å². The summed E-state index contributed by atoms with van der Waals surface area (Å²) in [6.45, 7) is 23.7. The molecule has 0 spiro atoms. The summed E-state index contributed by atoms with van der Waals surface area (Å²) in [5.41, 5.74) is -4.21. The first-order valence-electron chi connectivity index (χ1n) is 18.9. The van der Waals surface area contributed by atoms with Crippen molar-refractivity contribution in [3.8, 4) is 0 Å². The highest BCUT2D eigenvalue weighted by Crippen LogP contribution is 2.78. The highest BCUT2D eigenvalue weighted by molar-refractivity contribution is 5.88. The lowest BCUT2D eigenvalue weighted by Gasteiger charge is -2.77. The van der Waals surface area contributed by atoms with E-state index in [1.807, 2.05) is 13.8 Å². The van der Waals surface area contributed by atoms with E-state index in [0.717, 1.165) is 32.1 Å². The van der Waals surface area contributed by atoms with E-state index >= 15 is 0 Å². The summed E-state index contributed by atoms with van der Waals surface area (Å²) >= 11 is 0. The number of aliphatic hydroxyl groups excluding tert-OH is 3. The molecule has 0 amide bonds. The highest BCUT2D eigenvalue weighted by atomic mass is 16.6. The maximum Gasteiger partial charge on any atom is 0.333 e. The number of ether oxygens (including phenoxy) is 2. The Labute approximate surface area is 295 Å². The lowest BCUT2D eigenvalue weighted by molar-refractivity contribution is -0.366. The van der Waals surface area contributed by atoms with Gasteiger partial charge in [-0.15, -0.1) is 0 Å². The van der Waals surface area contributed by atoms with Crippen molar-refractivity contribution in [1.82, 2.24) is 0 Å². The van der Waals surface area contributed by atoms with E-state index in [2.05, 4.69) is 34.6 Å². The minimum atomic E-state index is -1.51. The summed E-state index contributed by atoms with van der Waals surface area (Å²) in [4.78, 5) is 27.0. The molecular formula is C41H66O8. The molecule has 0 aromatic carbocycles. The van der Waals surface area contributed by atoms with Gasteiger partial charge in [0.15, 0.2) is 6.10 Å². The summed E-state index contributed by atoms with van der Waals surface area (Å²) < 4.78 is 12.6. The van der Waals surface area contributed by atoms with Gasteiger partial charge in [-0.2, -0.15) is 0 Å². The molecule has 5 saturated carbocycles. The summed E-state index contributed by atoms with van der Waals surface area (Å²) in [5.74, 6) is -1.22. The maximum absolute atomic E-state index is 13.6. The van der Waals surface area contributed by atoms with Crippen LogP contribution >= 0.6 is 0 Å². The minimum Gasteiger partial charge on any atom is -0.454 e. The number of hydrogen-bond acceptors (Lipinski definition) is 8. The maximum atomic E-state index is 13.6. The average molecular weight is 687 g/mol. The summed E-state index contributed by atoms with van der Waals surface area (Å²) in [6, 6.07) is 0. The van der Waals surface area contributed by atoms with Crippen molar-refractivity contribution in [2.75, 3.05) is 0 Å². The van der Waals surface area contributed by atoms with Crippen LogP contribution in [0, 0.1) is 50.2 Å². The standard InChI is InChI=1S/C41H66O8/c1-13-23(3)33(45)48-31-32(49-34(46)24(4)14-2)41(25(5)42)28(21-35(31,6)7)40(47)20-16-27-37(10)18-17-29(43)36(8,9)26(37)15-19-38(27,11)39(40,12)22-30(41)44/h13-14,25-32,42-44,47H,15-22H2,1-12H3/b23-13-,24-14-/t25-,26?,27?,28?,29-,30+,31-,32-,37-,38+,39-,40-,41-/m0/s1. The van der Waals surface area contributed by atoms with Gasteiger partial charge in [-0.3, -0.25) is 0 Å². The Hall–Kier alpha value is -1.74. The highest BCUT2D eigenvalue weighted by Gasteiger charge is 2.80. The van der Waals surface area contributed by atoms with Crippen molar-refractivity contribution in [3.63, 3.8) is 0 Å². The monoisotopic (exact) mass is 686 g/mol. The predicted molar refractivity (Wildman–Crippen MR) is 189 cm³/mol. The second-order valence-electron chi connectivity index (χ2n) is 19.0. The molecule has 0 aromatic rings. The molecule has 5 aliphatic rings. The number of carbonyl (C=O) groups excluding carboxylic acids is 2. The Morgan fingerprint density at radius 3 is 1.80 bits per heavy atom. The third-order valence-corrected chi connectivity index (χ3v) is 16.4. The molecule has 0 aliphatic heterocycles. The molecule has 13 atom stereocenters. The van der Waals surface area contributed by atoms with Crippen molar-refractivity contribution in [2.45, 2.75) is 171 Å². The zero-order valence-electron chi connectivity index (χ0n) is 32.4. The van der Waals surface area contributed by atoms with Gasteiger partial charge in [-0.1, -0.05) is 60.6 Å². The molecule has 0 saturated heterocycles. The topological polar surface area (TPSA) is 134 Å². The van der Waals surface area contributed by atoms with Crippen molar-refractivity contribution >= 4 is 11.9 Å². The van der Waals surface area contributed by atoms with E-state index in [1.54, 1.807) is 46.8 Å². The third-order valence-electron chi connectivity index (χ3n) is 16.4. The van der Waals surface area contributed by atoms with Crippen LogP contribution in [-0.4, -0.2) is 68.5 Å². The molecule has 0 aromatic heterocycles. The van der Waals surface area contributed by atoms with Gasteiger partial charge < -0.3 is 29.9 Å². The molecule has 0 radical (unpaired) electrons. The molecule has 8 heteroatoms. The van der Waals surface area contributed by atoms with E-state index in [1.165, 1.54) is 0 Å². The lowest BCUT2D eigenvalue weighted by Crippen LogP contribution is -2.81. The fraction of sp³-hybridized carbons (Fsp3) is 0.854. The largest absolute Gasteiger partial charge is 0.454 e. The van der Waals surface area contributed by atoms with Gasteiger partial charge in [0, 0.05) is 27.9 Å². The fourth-order valence-electron chi connectivity index (χ4n) is 13.1. The molecule has 4 N–H and O–H groups in total. The number of esters is 2. The van der Waals surface area contributed by atoms with Gasteiger partial charge in [0.2, 0.25) is 0 Å².